The van der Waals surface area contributed by atoms with Crippen LogP contribution in [0.2, 0.25) is 0 Å². The SMILES string of the molecule is CC(C)CC[C@H]1[C@H]2C[C@H](CN(c3cncc(C(N)=O)n3)C2)[C@@H]2CCCCN21.O=CO. The van der Waals surface area contributed by atoms with Gasteiger partial charge in [-0.2, -0.15) is 0 Å². The molecule has 8 heteroatoms. The minimum atomic E-state index is -0.505. The van der Waals surface area contributed by atoms with Gasteiger partial charge in [0.25, 0.3) is 12.4 Å². The molecule has 1 aromatic rings. The number of hydrogen-bond acceptors (Lipinski definition) is 6. The number of nitrogens with zero attached hydrogens (tertiary/aromatic N) is 4. The van der Waals surface area contributed by atoms with Crippen molar-refractivity contribution in [2.45, 2.75) is 64.5 Å². The highest BCUT2D eigenvalue weighted by Crippen LogP contribution is 2.43. The zero-order chi connectivity index (χ0) is 21.7. The fourth-order valence-electron chi connectivity index (χ4n) is 5.62. The van der Waals surface area contributed by atoms with E-state index in [0.717, 1.165) is 24.8 Å². The molecule has 0 unspecified atom stereocenters. The lowest BCUT2D eigenvalue weighted by molar-refractivity contribution is -0.122. The maximum Gasteiger partial charge on any atom is 0.290 e. The van der Waals surface area contributed by atoms with Crippen LogP contribution in [0.3, 0.4) is 0 Å². The monoisotopic (exact) mass is 417 g/mol. The summed E-state index contributed by atoms with van der Waals surface area (Å²) in [5.74, 6) is 2.43. The van der Waals surface area contributed by atoms with Gasteiger partial charge in [0, 0.05) is 25.2 Å². The van der Waals surface area contributed by atoms with Crippen molar-refractivity contribution in [3.8, 4) is 0 Å². The highest BCUT2D eigenvalue weighted by atomic mass is 16.3. The van der Waals surface area contributed by atoms with Crippen molar-refractivity contribution in [1.82, 2.24) is 14.9 Å². The fourth-order valence-corrected chi connectivity index (χ4v) is 5.62. The lowest BCUT2D eigenvalue weighted by Gasteiger charge is -2.57. The summed E-state index contributed by atoms with van der Waals surface area (Å²) in [4.78, 5) is 33.8. The van der Waals surface area contributed by atoms with Crippen molar-refractivity contribution >= 4 is 18.2 Å². The molecule has 0 aliphatic carbocycles. The molecule has 166 valence electrons. The molecule has 3 fully saturated rings. The number of amides is 1. The predicted molar refractivity (Wildman–Crippen MR) is 115 cm³/mol. The molecule has 3 aliphatic heterocycles. The summed E-state index contributed by atoms with van der Waals surface area (Å²) in [5, 5.41) is 6.89. The van der Waals surface area contributed by atoms with Gasteiger partial charge in [-0.15, -0.1) is 0 Å². The van der Waals surface area contributed by atoms with Crippen LogP contribution in [0.4, 0.5) is 5.82 Å². The first kappa shape index (κ1) is 22.5. The van der Waals surface area contributed by atoms with Crippen molar-refractivity contribution < 1.29 is 14.7 Å². The first-order valence-corrected chi connectivity index (χ1v) is 11.1. The molecule has 2 bridgehead atoms. The molecule has 8 nitrogen and oxygen atoms in total. The largest absolute Gasteiger partial charge is 0.483 e. The Hall–Kier alpha value is -2.22. The number of rotatable bonds is 5. The van der Waals surface area contributed by atoms with Gasteiger partial charge in [-0.05, 0) is 56.4 Å². The predicted octanol–water partition coefficient (Wildman–Crippen LogP) is 2.39. The van der Waals surface area contributed by atoms with Crippen molar-refractivity contribution in [1.29, 1.82) is 0 Å². The third kappa shape index (κ3) is 5.09. The Morgan fingerprint density at radius 3 is 2.73 bits per heavy atom. The maximum atomic E-state index is 11.5. The lowest BCUT2D eigenvalue weighted by atomic mass is 9.71. The van der Waals surface area contributed by atoms with Crippen molar-refractivity contribution in [3.05, 3.63) is 18.1 Å². The Kier molecular flexibility index (Phi) is 7.64. The third-order valence-corrected chi connectivity index (χ3v) is 6.86. The first-order valence-electron chi connectivity index (χ1n) is 11.1. The van der Waals surface area contributed by atoms with E-state index in [-0.39, 0.29) is 12.2 Å². The number of fused-ring (bicyclic) bond motifs is 4. The Morgan fingerprint density at radius 1 is 1.30 bits per heavy atom. The number of carbonyl (C=O) groups is 2. The quantitative estimate of drug-likeness (QED) is 0.707. The molecular weight excluding hydrogens is 382 g/mol. The standard InChI is InChI=1S/C21H33N5O.CH2O2/c1-14(2)6-7-19-16-9-15(18-5-3-4-8-26(18)19)12-25(13-16)20-11-23-10-17(24-20)21(22)27;2-1-3/h10-11,14-16,18-19H,3-9,12-13H2,1-2H3,(H2,22,27);1H,(H,2,3)/t15-,16+,18+,19+;/m1./s1. The molecule has 3 saturated heterocycles. The highest BCUT2D eigenvalue weighted by Gasteiger charge is 2.47. The van der Waals surface area contributed by atoms with Crippen LogP contribution in [0.25, 0.3) is 0 Å². The fraction of sp³-hybridized carbons (Fsp3) is 0.727. The molecule has 3 aliphatic rings. The molecule has 3 N–H and O–H groups in total. The molecule has 0 aromatic carbocycles. The topological polar surface area (TPSA) is 113 Å². The summed E-state index contributed by atoms with van der Waals surface area (Å²) >= 11 is 0. The summed E-state index contributed by atoms with van der Waals surface area (Å²) in [6.45, 7) is 7.72. The first-order chi connectivity index (χ1) is 14.4. The van der Waals surface area contributed by atoms with E-state index in [1.807, 2.05) is 0 Å². The van der Waals surface area contributed by atoms with E-state index >= 15 is 0 Å². The molecule has 4 rings (SSSR count). The molecule has 0 saturated carbocycles. The van der Waals surface area contributed by atoms with Crippen LogP contribution in [0.1, 0.15) is 62.9 Å². The van der Waals surface area contributed by atoms with E-state index in [1.54, 1.807) is 6.20 Å². The van der Waals surface area contributed by atoms with E-state index in [0.29, 0.717) is 23.9 Å². The molecule has 1 aromatic heterocycles. The number of nitrogens with two attached hydrogens (primary N) is 1. The second-order valence-corrected chi connectivity index (χ2v) is 9.23. The Labute approximate surface area is 178 Å². The van der Waals surface area contributed by atoms with Crippen LogP contribution in [-0.4, -0.2) is 64.1 Å². The second kappa shape index (κ2) is 10.2. The number of hydrogen-bond donors (Lipinski definition) is 2. The summed E-state index contributed by atoms with van der Waals surface area (Å²) in [6.07, 6.45) is 11.2. The molecular formula is C22H35N5O3. The van der Waals surface area contributed by atoms with Gasteiger partial charge in [0.1, 0.15) is 11.5 Å². The molecule has 4 atom stereocenters. The van der Waals surface area contributed by atoms with E-state index < -0.39 is 5.91 Å². The van der Waals surface area contributed by atoms with Crippen molar-refractivity contribution in [3.63, 3.8) is 0 Å². The van der Waals surface area contributed by atoms with Gasteiger partial charge in [0.05, 0.1) is 12.4 Å². The minimum Gasteiger partial charge on any atom is -0.483 e. The van der Waals surface area contributed by atoms with Crippen LogP contribution in [0.5, 0.6) is 0 Å². The number of carbonyl (C=O) groups excluding carboxylic acids is 1. The van der Waals surface area contributed by atoms with Gasteiger partial charge >= 0.3 is 0 Å². The number of primary amides is 1. The Morgan fingerprint density at radius 2 is 2.03 bits per heavy atom. The van der Waals surface area contributed by atoms with Crippen LogP contribution in [-0.2, 0) is 4.79 Å². The van der Waals surface area contributed by atoms with E-state index in [9.17, 15) is 4.79 Å². The molecule has 1 amide bonds. The van der Waals surface area contributed by atoms with Gasteiger partial charge in [-0.25, -0.2) is 4.98 Å². The van der Waals surface area contributed by atoms with Crippen LogP contribution >= 0.6 is 0 Å². The maximum absolute atomic E-state index is 11.5. The summed E-state index contributed by atoms with van der Waals surface area (Å²) in [5.41, 5.74) is 5.68. The Bertz CT molecular complexity index is 728. The van der Waals surface area contributed by atoms with Gasteiger partial charge < -0.3 is 15.7 Å². The molecule has 4 heterocycles. The second-order valence-electron chi connectivity index (χ2n) is 9.23. The zero-order valence-corrected chi connectivity index (χ0v) is 18.1. The normalized spacial score (nSPS) is 28.3. The van der Waals surface area contributed by atoms with Crippen LogP contribution in [0.15, 0.2) is 12.4 Å². The number of carboxylic acid groups (broad SMARTS) is 1. The van der Waals surface area contributed by atoms with Crippen molar-refractivity contribution in [2.75, 3.05) is 24.5 Å². The summed E-state index contributed by atoms with van der Waals surface area (Å²) < 4.78 is 0. The van der Waals surface area contributed by atoms with Gasteiger partial charge in [0.2, 0.25) is 0 Å². The molecule has 0 spiro atoms. The summed E-state index contributed by atoms with van der Waals surface area (Å²) in [6, 6.07) is 1.39. The smallest absolute Gasteiger partial charge is 0.290 e. The summed E-state index contributed by atoms with van der Waals surface area (Å²) in [7, 11) is 0. The minimum absolute atomic E-state index is 0.250. The average molecular weight is 418 g/mol. The van der Waals surface area contributed by atoms with E-state index in [2.05, 4.69) is 33.6 Å². The number of piperidine rings is 3. The van der Waals surface area contributed by atoms with Gasteiger partial charge in [-0.3, -0.25) is 19.5 Å². The highest BCUT2D eigenvalue weighted by molar-refractivity contribution is 5.90. The molecule has 30 heavy (non-hydrogen) atoms. The van der Waals surface area contributed by atoms with Gasteiger partial charge in [-0.1, -0.05) is 20.3 Å². The van der Waals surface area contributed by atoms with Crippen molar-refractivity contribution in [2.24, 2.45) is 23.5 Å². The molecule has 0 radical (unpaired) electrons. The van der Waals surface area contributed by atoms with E-state index in [4.69, 9.17) is 15.6 Å². The van der Waals surface area contributed by atoms with Gasteiger partial charge in [0.15, 0.2) is 0 Å². The third-order valence-electron chi connectivity index (χ3n) is 6.86. The lowest BCUT2D eigenvalue weighted by Crippen LogP contribution is -2.63. The number of aromatic nitrogens is 2. The average Bonchev–Trinajstić information content (AvgIpc) is 2.74. The number of anilines is 1. The van der Waals surface area contributed by atoms with Crippen LogP contribution < -0.4 is 10.6 Å². The Balaban J connectivity index is 0.000000806. The van der Waals surface area contributed by atoms with Crippen LogP contribution in [0, 0.1) is 17.8 Å². The van der Waals surface area contributed by atoms with E-state index in [1.165, 1.54) is 51.3 Å². The zero-order valence-electron chi connectivity index (χ0n) is 18.1.